The SMILES string of the molecule is CC(C)S(=O)(=O)CCN(C)c1cccc(C#N)c1. The highest BCUT2D eigenvalue weighted by Crippen LogP contribution is 2.14. The summed E-state index contributed by atoms with van der Waals surface area (Å²) in [5.74, 6) is 0.123. The molecule has 0 atom stereocenters. The quantitative estimate of drug-likeness (QED) is 0.815. The van der Waals surface area contributed by atoms with Crippen LogP contribution in [0.15, 0.2) is 24.3 Å². The Morgan fingerprint density at radius 3 is 2.61 bits per heavy atom. The third kappa shape index (κ3) is 3.74. The van der Waals surface area contributed by atoms with Crippen molar-refractivity contribution >= 4 is 15.5 Å². The van der Waals surface area contributed by atoms with Crippen LogP contribution in [-0.4, -0.2) is 33.0 Å². The number of hydrogen-bond acceptors (Lipinski definition) is 4. The molecule has 0 radical (unpaired) electrons. The average molecular weight is 266 g/mol. The molecule has 0 N–H and O–H groups in total. The van der Waals surface area contributed by atoms with Crippen LogP contribution in [-0.2, 0) is 9.84 Å². The monoisotopic (exact) mass is 266 g/mol. The van der Waals surface area contributed by atoms with Crippen LogP contribution in [0.2, 0.25) is 0 Å². The minimum Gasteiger partial charge on any atom is -0.374 e. The van der Waals surface area contributed by atoms with E-state index in [-0.39, 0.29) is 11.0 Å². The largest absolute Gasteiger partial charge is 0.374 e. The van der Waals surface area contributed by atoms with Gasteiger partial charge < -0.3 is 4.90 Å². The van der Waals surface area contributed by atoms with Crippen molar-refractivity contribution in [2.24, 2.45) is 0 Å². The fourth-order valence-electron chi connectivity index (χ4n) is 1.44. The predicted molar refractivity (Wildman–Crippen MR) is 73.3 cm³/mol. The zero-order valence-corrected chi connectivity index (χ0v) is 11.7. The molecular weight excluding hydrogens is 248 g/mol. The summed E-state index contributed by atoms with van der Waals surface area (Å²) in [6.07, 6.45) is 0. The second kappa shape index (κ2) is 5.87. The smallest absolute Gasteiger partial charge is 0.154 e. The van der Waals surface area contributed by atoms with Gasteiger partial charge >= 0.3 is 0 Å². The second-order valence-electron chi connectivity index (χ2n) is 4.50. The summed E-state index contributed by atoms with van der Waals surface area (Å²) < 4.78 is 23.4. The van der Waals surface area contributed by atoms with Crippen molar-refractivity contribution in [3.63, 3.8) is 0 Å². The summed E-state index contributed by atoms with van der Waals surface area (Å²) in [7, 11) is -1.20. The van der Waals surface area contributed by atoms with Crippen LogP contribution in [0.3, 0.4) is 0 Å². The minimum atomic E-state index is -3.02. The van der Waals surface area contributed by atoms with Gasteiger partial charge in [0.2, 0.25) is 0 Å². The van der Waals surface area contributed by atoms with Crippen molar-refractivity contribution < 1.29 is 8.42 Å². The lowest BCUT2D eigenvalue weighted by Crippen LogP contribution is -2.28. The molecule has 98 valence electrons. The summed E-state index contributed by atoms with van der Waals surface area (Å²) >= 11 is 0. The van der Waals surface area contributed by atoms with E-state index in [0.29, 0.717) is 12.1 Å². The molecule has 0 spiro atoms. The zero-order chi connectivity index (χ0) is 13.8. The van der Waals surface area contributed by atoms with E-state index in [1.54, 1.807) is 32.0 Å². The van der Waals surface area contributed by atoms with E-state index in [1.807, 2.05) is 18.0 Å². The summed E-state index contributed by atoms with van der Waals surface area (Å²) in [6, 6.07) is 9.20. The van der Waals surface area contributed by atoms with Gasteiger partial charge in [0.1, 0.15) is 0 Å². The molecule has 0 aromatic heterocycles. The van der Waals surface area contributed by atoms with E-state index in [2.05, 4.69) is 6.07 Å². The minimum absolute atomic E-state index is 0.123. The van der Waals surface area contributed by atoms with Crippen LogP contribution < -0.4 is 4.90 Å². The molecule has 4 nitrogen and oxygen atoms in total. The van der Waals surface area contributed by atoms with Gasteiger partial charge in [-0.15, -0.1) is 0 Å². The molecule has 0 amide bonds. The molecule has 1 rings (SSSR count). The van der Waals surface area contributed by atoms with Crippen LogP contribution in [0.1, 0.15) is 19.4 Å². The fourth-order valence-corrected chi connectivity index (χ4v) is 2.44. The standard InChI is InChI=1S/C13H18N2O2S/c1-11(2)18(16,17)8-7-15(3)13-6-4-5-12(9-13)10-14/h4-6,9,11H,7-8H2,1-3H3. The normalized spacial score (nSPS) is 11.3. The molecule has 0 saturated carbocycles. The molecule has 1 aromatic carbocycles. The van der Waals surface area contributed by atoms with Crippen LogP contribution in [0.25, 0.3) is 0 Å². The highest BCUT2D eigenvalue weighted by atomic mass is 32.2. The van der Waals surface area contributed by atoms with Gasteiger partial charge in [-0.1, -0.05) is 6.07 Å². The van der Waals surface area contributed by atoms with E-state index in [4.69, 9.17) is 5.26 Å². The highest BCUT2D eigenvalue weighted by molar-refractivity contribution is 7.92. The number of sulfone groups is 1. The molecule has 0 saturated heterocycles. The van der Waals surface area contributed by atoms with Gasteiger partial charge in [0.25, 0.3) is 0 Å². The summed E-state index contributed by atoms with van der Waals surface area (Å²) in [5.41, 5.74) is 1.43. The Bertz CT molecular complexity index is 544. The van der Waals surface area contributed by atoms with E-state index >= 15 is 0 Å². The highest BCUT2D eigenvalue weighted by Gasteiger charge is 2.16. The van der Waals surface area contributed by atoms with Gasteiger partial charge in [-0.2, -0.15) is 5.26 Å². The first kappa shape index (κ1) is 14.5. The van der Waals surface area contributed by atoms with Crippen LogP contribution in [0, 0.1) is 11.3 Å². The molecule has 5 heteroatoms. The molecule has 0 fully saturated rings. The number of anilines is 1. The number of nitriles is 1. The lowest BCUT2D eigenvalue weighted by Gasteiger charge is -2.20. The van der Waals surface area contributed by atoms with Gasteiger partial charge in [-0.25, -0.2) is 8.42 Å². The molecule has 0 aliphatic rings. The molecule has 0 heterocycles. The van der Waals surface area contributed by atoms with Crippen molar-refractivity contribution in [1.82, 2.24) is 0 Å². The van der Waals surface area contributed by atoms with E-state index in [9.17, 15) is 8.42 Å². The van der Waals surface area contributed by atoms with Crippen molar-refractivity contribution in [3.8, 4) is 6.07 Å². The lowest BCUT2D eigenvalue weighted by atomic mass is 10.2. The van der Waals surface area contributed by atoms with Crippen molar-refractivity contribution in [3.05, 3.63) is 29.8 Å². The Morgan fingerprint density at radius 2 is 2.06 bits per heavy atom. The Hall–Kier alpha value is -1.54. The molecule has 0 aliphatic heterocycles. The van der Waals surface area contributed by atoms with Gasteiger partial charge in [0, 0.05) is 19.3 Å². The molecule has 1 aromatic rings. The topological polar surface area (TPSA) is 61.2 Å². The van der Waals surface area contributed by atoms with E-state index in [0.717, 1.165) is 5.69 Å². The zero-order valence-electron chi connectivity index (χ0n) is 10.9. The summed E-state index contributed by atoms with van der Waals surface area (Å²) in [4.78, 5) is 1.85. The number of nitrogens with zero attached hydrogens (tertiary/aromatic N) is 2. The second-order valence-corrected chi connectivity index (χ2v) is 7.18. The predicted octanol–water partition coefficient (Wildman–Crippen LogP) is 1.82. The molecule has 0 unspecified atom stereocenters. The average Bonchev–Trinajstić information content (AvgIpc) is 2.36. The number of hydrogen-bond donors (Lipinski definition) is 0. The first-order chi connectivity index (χ1) is 8.36. The van der Waals surface area contributed by atoms with Gasteiger partial charge in [0.15, 0.2) is 9.84 Å². The number of rotatable bonds is 5. The van der Waals surface area contributed by atoms with Crippen LogP contribution >= 0.6 is 0 Å². The maximum atomic E-state index is 11.7. The summed E-state index contributed by atoms with van der Waals surface area (Å²) in [5, 5.41) is 8.46. The van der Waals surface area contributed by atoms with Crippen LogP contribution in [0.5, 0.6) is 0 Å². The Balaban J connectivity index is 2.72. The fraction of sp³-hybridized carbons (Fsp3) is 0.462. The molecule has 18 heavy (non-hydrogen) atoms. The van der Waals surface area contributed by atoms with Crippen molar-refractivity contribution in [2.45, 2.75) is 19.1 Å². The molecule has 0 bridgehead atoms. The van der Waals surface area contributed by atoms with Crippen LogP contribution in [0.4, 0.5) is 5.69 Å². The van der Waals surface area contributed by atoms with Crippen molar-refractivity contribution in [2.75, 3.05) is 24.2 Å². The van der Waals surface area contributed by atoms with Gasteiger partial charge in [-0.05, 0) is 32.0 Å². The Morgan fingerprint density at radius 1 is 1.39 bits per heavy atom. The van der Waals surface area contributed by atoms with Gasteiger partial charge in [-0.3, -0.25) is 0 Å². The third-order valence-corrected chi connectivity index (χ3v) is 5.03. The summed E-state index contributed by atoms with van der Waals surface area (Å²) in [6.45, 7) is 3.80. The first-order valence-electron chi connectivity index (χ1n) is 5.79. The Kier molecular flexibility index (Phi) is 4.74. The maximum absolute atomic E-state index is 11.7. The lowest BCUT2D eigenvalue weighted by molar-refractivity contribution is 0.586. The Labute approximate surface area is 109 Å². The van der Waals surface area contributed by atoms with E-state index in [1.165, 1.54) is 0 Å². The third-order valence-electron chi connectivity index (χ3n) is 2.85. The van der Waals surface area contributed by atoms with E-state index < -0.39 is 9.84 Å². The first-order valence-corrected chi connectivity index (χ1v) is 7.51. The number of benzene rings is 1. The molecule has 0 aliphatic carbocycles. The molecular formula is C13H18N2O2S. The van der Waals surface area contributed by atoms with Gasteiger partial charge in [0.05, 0.1) is 22.6 Å². The maximum Gasteiger partial charge on any atom is 0.154 e. The van der Waals surface area contributed by atoms with Crippen molar-refractivity contribution in [1.29, 1.82) is 5.26 Å².